The van der Waals surface area contributed by atoms with Gasteiger partial charge in [0.2, 0.25) is 0 Å². The van der Waals surface area contributed by atoms with Gasteiger partial charge in [-0.15, -0.1) is 0 Å². The third kappa shape index (κ3) is 6.18. The minimum atomic E-state index is -0.523. The molecule has 1 saturated heterocycles. The molecular formula is C31H29Cl2N3O3. The third-order valence-electron chi connectivity index (χ3n) is 7.03. The topological polar surface area (TPSA) is 64.4 Å². The predicted molar refractivity (Wildman–Crippen MR) is 154 cm³/mol. The van der Waals surface area contributed by atoms with Crippen LogP contribution in [0.25, 0.3) is 16.9 Å². The molecule has 1 aromatic heterocycles. The molecule has 3 aromatic carbocycles. The summed E-state index contributed by atoms with van der Waals surface area (Å²) >= 11 is 12.6. The van der Waals surface area contributed by atoms with Crippen molar-refractivity contribution in [3.05, 3.63) is 106 Å². The molecule has 8 heteroatoms. The monoisotopic (exact) mass is 561 g/mol. The second kappa shape index (κ2) is 12.1. The Morgan fingerprint density at radius 3 is 2.33 bits per heavy atom. The maximum Gasteiger partial charge on any atom is 0.358 e. The molecule has 0 atom stereocenters. The lowest BCUT2D eigenvalue weighted by molar-refractivity contribution is 0.0518. The first-order valence-electron chi connectivity index (χ1n) is 13.1. The number of piperidine rings is 1. The van der Waals surface area contributed by atoms with Crippen molar-refractivity contribution >= 4 is 35.1 Å². The molecule has 2 heterocycles. The van der Waals surface area contributed by atoms with E-state index in [-0.39, 0.29) is 18.2 Å². The van der Waals surface area contributed by atoms with E-state index in [1.807, 2.05) is 23.1 Å². The van der Waals surface area contributed by atoms with Gasteiger partial charge < -0.3 is 9.64 Å². The molecule has 0 radical (unpaired) electrons. The van der Waals surface area contributed by atoms with Crippen molar-refractivity contribution in [2.24, 2.45) is 5.92 Å². The highest BCUT2D eigenvalue weighted by Crippen LogP contribution is 2.33. The second-order valence-electron chi connectivity index (χ2n) is 9.64. The summed E-state index contributed by atoms with van der Waals surface area (Å²) in [6, 6.07) is 24.6. The Morgan fingerprint density at radius 1 is 0.949 bits per heavy atom. The molecule has 5 rings (SSSR count). The van der Waals surface area contributed by atoms with Crippen LogP contribution in [0.2, 0.25) is 10.0 Å². The Kier molecular flexibility index (Phi) is 8.34. The van der Waals surface area contributed by atoms with Gasteiger partial charge in [0.05, 0.1) is 23.0 Å². The zero-order valence-electron chi connectivity index (χ0n) is 21.6. The summed E-state index contributed by atoms with van der Waals surface area (Å²) in [4.78, 5) is 27.6. The standard InChI is InChI=1S/C31H29Cl2N3O3/c1-2-39-31(38)28-20-29(26-13-10-24(32)19-27(26)33)36(34-28)25-11-8-23(9-12-25)30(37)35-16-14-22(15-17-35)18-21-6-4-3-5-7-21/h3-13,19-20,22H,2,14-18H2,1H3. The van der Waals surface area contributed by atoms with Gasteiger partial charge in [0.15, 0.2) is 5.69 Å². The molecule has 200 valence electrons. The van der Waals surface area contributed by atoms with Crippen molar-refractivity contribution in [3.63, 3.8) is 0 Å². The van der Waals surface area contributed by atoms with E-state index in [1.165, 1.54) is 5.56 Å². The fraction of sp³-hybridized carbons (Fsp3) is 0.258. The highest BCUT2D eigenvalue weighted by molar-refractivity contribution is 6.36. The summed E-state index contributed by atoms with van der Waals surface area (Å²) in [7, 11) is 0. The summed E-state index contributed by atoms with van der Waals surface area (Å²) in [5.74, 6) is 0.0868. The summed E-state index contributed by atoms with van der Waals surface area (Å²) in [5.41, 5.74) is 4.09. The Morgan fingerprint density at radius 2 is 1.67 bits per heavy atom. The molecule has 6 nitrogen and oxygen atoms in total. The van der Waals surface area contributed by atoms with Crippen molar-refractivity contribution in [3.8, 4) is 16.9 Å². The normalized spacial score (nSPS) is 13.9. The number of hydrogen-bond donors (Lipinski definition) is 0. The van der Waals surface area contributed by atoms with Gasteiger partial charge in [0.25, 0.3) is 5.91 Å². The number of hydrogen-bond acceptors (Lipinski definition) is 4. The molecule has 0 N–H and O–H groups in total. The van der Waals surface area contributed by atoms with E-state index < -0.39 is 5.97 Å². The highest BCUT2D eigenvalue weighted by Gasteiger charge is 2.24. The number of aromatic nitrogens is 2. The van der Waals surface area contributed by atoms with E-state index in [2.05, 4.69) is 29.4 Å². The quantitative estimate of drug-likeness (QED) is 0.225. The van der Waals surface area contributed by atoms with Crippen LogP contribution in [0.4, 0.5) is 0 Å². The number of halogens is 2. The molecule has 0 unspecified atom stereocenters. The van der Waals surface area contributed by atoms with Gasteiger partial charge in [-0.05, 0) is 86.2 Å². The number of carbonyl (C=O) groups is 2. The molecule has 1 amide bonds. The van der Waals surface area contributed by atoms with Crippen LogP contribution in [0.5, 0.6) is 0 Å². The Balaban J connectivity index is 1.33. The third-order valence-corrected chi connectivity index (χ3v) is 7.58. The van der Waals surface area contributed by atoms with Crippen LogP contribution in [-0.4, -0.2) is 46.3 Å². The van der Waals surface area contributed by atoms with E-state index in [1.54, 1.807) is 48.0 Å². The lowest BCUT2D eigenvalue weighted by Crippen LogP contribution is -2.38. The second-order valence-corrected chi connectivity index (χ2v) is 10.5. The maximum atomic E-state index is 13.3. The van der Waals surface area contributed by atoms with Crippen molar-refractivity contribution in [1.82, 2.24) is 14.7 Å². The van der Waals surface area contributed by atoms with Gasteiger partial charge in [-0.25, -0.2) is 9.48 Å². The lowest BCUT2D eigenvalue weighted by atomic mass is 9.90. The zero-order chi connectivity index (χ0) is 27.4. The SMILES string of the molecule is CCOC(=O)c1cc(-c2ccc(Cl)cc2Cl)n(-c2ccc(C(=O)N3CCC(Cc4ccccc4)CC3)cc2)n1. The first-order valence-corrected chi connectivity index (χ1v) is 13.8. The average molecular weight is 562 g/mol. The minimum Gasteiger partial charge on any atom is -0.461 e. The van der Waals surface area contributed by atoms with Crippen LogP contribution in [0.15, 0.2) is 78.9 Å². The summed E-state index contributed by atoms with van der Waals surface area (Å²) < 4.78 is 6.79. The molecule has 4 aromatic rings. The zero-order valence-corrected chi connectivity index (χ0v) is 23.2. The van der Waals surface area contributed by atoms with Gasteiger partial charge >= 0.3 is 5.97 Å². The first kappa shape index (κ1) is 27.0. The maximum absolute atomic E-state index is 13.3. The smallest absolute Gasteiger partial charge is 0.358 e. The Labute approximate surface area is 238 Å². The molecule has 1 fully saturated rings. The number of amides is 1. The Hall–Kier alpha value is -3.61. The summed E-state index contributed by atoms with van der Waals surface area (Å²) in [6.07, 6.45) is 3.04. The molecule has 0 bridgehead atoms. The van der Waals surface area contributed by atoms with Gasteiger partial charge in [0, 0.05) is 29.2 Å². The summed E-state index contributed by atoms with van der Waals surface area (Å²) in [6.45, 7) is 3.48. The van der Waals surface area contributed by atoms with E-state index in [9.17, 15) is 9.59 Å². The minimum absolute atomic E-state index is 0.0216. The highest BCUT2D eigenvalue weighted by atomic mass is 35.5. The van der Waals surface area contributed by atoms with E-state index in [0.29, 0.717) is 38.5 Å². The largest absolute Gasteiger partial charge is 0.461 e. The number of carbonyl (C=O) groups excluding carboxylic acids is 2. The molecule has 0 aliphatic carbocycles. The van der Waals surface area contributed by atoms with E-state index in [4.69, 9.17) is 27.9 Å². The van der Waals surface area contributed by atoms with Crippen molar-refractivity contribution in [2.75, 3.05) is 19.7 Å². The summed E-state index contributed by atoms with van der Waals surface area (Å²) in [5, 5.41) is 5.44. The van der Waals surface area contributed by atoms with Crippen LogP contribution >= 0.6 is 23.2 Å². The number of nitrogens with zero attached hydrogens (tertiary/aromatic N) is 3. The lowest BCUT2D eigenvalue weighted by Gasteiger charge is -2.32. The van der Waals surface area contributed by atoms with Crippen LogP contribution < -0.4 is 0 Å². The fourth-order valence-electron chi connectivity index (χ4n) is 4.99. The molecule has 1 aliphatic rings. The van der Waals surface area contributed by atoms with Crippen LogP contribution in [-0.2, 0) is 11.2 Å². The average Bonchev–Trinajstić information content (AvgIpc) is 3.39. The van der Waals surface area contributed by atoms with Crippen LogP contribution in [0.1, 0.15) is 46.2 Å². The van der Waals surface area contributed by atoms with Crippen LogP contribution in [0, 0.1) is 5.92 Å². The number of likely N-dealkylation sites (tertiary alicyclic amines) is 1. The number of ether oxygens (including phenoxy) is 1. The number of benzene rings is 3. The first-order chi connectivity index (χ1) is 18.9. The van der Waals surface area contributed by atoms with Crippen molar-refractivity contribution in [2.45, 2.75) is 26.2 Å². The van der Waals surface area contributed by atoms with Crippen molar-refractivity contribution < 1.29 is 14.3 Å². The van der Waals surface area contributed by atoms with Gasteiger partial charge in [-0.1, -0.05) is 53.5 Å². The molecule has 0 saturated carbocycles. The van der Waals surface area contributed by atoms with Gasteiger partial charge in [-0.3, -0.25) is 4.79 Å². The van der Waals surface area contributed by atoms with Gasteiger partial charge in [-0.2, -0.15) is 5.10 Å². The fourth-order valence-corrected chi connectivity index (χ4v) is 5.49. The van der Waals surface area contributed by atoms with E-state index in [0.717, 1.165) is 32.4 Å². The Bertz CT molecular complexity index is 1460. The van der Waals surface area contributed by atoms with Gasteiger partial charge in [0.1, 0.15) is 0 Å². The van der Waals surface area contributed by atoms with Crippen molar-refractivity contribution in [1.29, 1.82) is 0 Å². The van der Waals surface area contributed by atoms with E-state index >= 15 is 0 Å². The van der Waals surface area contributed by atoms with Crippen LogP contribution in [0.3, 0.4) is 0 Å². The molecule has 39 heavy (non-hydrogen) atoms. The predicted octanol–water partition coefficient (Wildman–Crippen LogP) is 7.12. The molecule has 0 spiro atoms. The molecule has 1 aliphatic heterocycles. The number of rotatable bonds is 7. The molecular weight excluding hydrogens is 533 g/mol. The number of esters is 1.